The van der Waals surface area contributed by atoms with Gasteiger partial charge in [-0.05, 0) is 6.07 Å². The van der Waals surface area contributed by atoms with E-state index in [1.165, 1.54) is 18.4 Å². The molecular weight excluding hydrogens is 250 g/mol. The molecule has 2 aromatic rings. The summed E-state index contributed by atoms with van der Waals surface area (Å²) in [4.78, 5) is 15.7. The molecule has 5 heteroatoms. The molecule has 0 fully saturated rings. The standard InChI is InChI=1S/C13H11NO3S/c1-16-13(15)10-7-18-12(14-10)9-6-17-11-5-3-2-4-8(9)11/h2-5,7,9H,6H2,1H3. The van der Waals surface area contributed by atoms with Crippen LogP contribution in [0, 0.1) is 0 Å². The van der Waals surface area contributed by atoms with E-state index in [9.17, 15) is 4.79 Å². The minimum Gasteiger partial charge on any atom is -0.492 e. The number of benzene rings is 1. The number of rotatable bonds is 2. The SMILES string of the molecule is COC(=O)c1csc(C2COc3ccccc32)n1. The number of carbonyl (C=O) groups is 1. The third-order valence-electron chi connectivity index (χ3n) is 2.91. The molecule has 1 aromatic heterocycles. The van der Waals surface area contributed by atoms with Gasteiger partial charge in [0.25, 0.3) is 0 Å². The van der Waals surface area contributed by atoms with Gasteiger partial charge in [-0.3, -0.25) is 0 Å². The number of carbonyl (C=O) groups excluding carboxylic acids is 1. The Hall–Kier alpha value is -1.88. The zero-order valence-corrected chi connectivity index (χ0v) is 10.6. The maximum absolute atomic E-state index is 11.4. The van der Waals surface area contributed by atoms with Crippen molar-refractivity contribution >= 4 is 17.3 Å². The summed E-state index contributed by atoms with van der Waals surface area (Å²) in [6.45, 7) is 0.577. The summed E-state index contributed by atoms with van der Waals surface area (Å²) in [5, 5.41) is 2.61. The maximum atomic E-state index is 11.4. The fourth-order valence-electron chi connectivity index (χ4n) is 2.01. The molecule has 18 heavy (non-hydrogen) atoms. The van der Waals surface area contributed by atoms with E-state index < -0.39 is 5.97 Å². The molecule has 0 saturated heterocycles. The van der Waals surface area contributed by atoms with Gasteiger partial charge >= 0.3 is 5.97 Å². The summed E-state index contributed by atoms with van der Waals surface area (Å²) in [7, 11) is 1.36. The molecule has 0 spiro atoms. The first-order chi connectivity index (χ1) is 8.79. The molecule has 0 amide bonds. The van der Waals surface area contributed by atoms with Gasteiger partial charge in [-0.25, -0.2) is 9.78 Å². The lowest BCUT2D eigenvalue weighted by Gasteiger charge is -2.03. The van der Waals surface area contributed by atoms with Gasteiger partial charge in [-0.2, -0.15) is 0 Å². The highest BCUT2D eigenvalue weighted by Crippen LogP contribution is 2.38. The Morgan fingerprint density at radius 1 is 1.50 bits per heavy atom. The van der Waals surface area contributed by atoms with Crippen LogP contribution in [-0.2, 0) is 4.74 Å². The lowest BCUT2D eigenvalue weighted by Crippen LogP contribution is -2.05. The van der Waals surface area contributed by atoms with Crippen LogP contribution in [0.15, 0.2) is 29.6 Å². The Morgan fingerprint density at radius 3 is 3.17 bits per heavy atom. The first-order valence-electron chi connectivity index (χ1n) is 5.55. The molecule has 1 aliphatic rings. The van der Waals surface area contributed by atoms with E-state index >= 15 is 0 Å². The monoisotopic (exact) mass is 261 g/mol. The molecule has 1 aliphatic heterocycles. The van der Waals surface area contributed by atoms with Gasteiger partial charge < -0.3 is 9.47 Å². The summed E-state index contributed by atoms with van der Waals surface area (Å²) >= 11 is 1.46. The fraction of sp³-hybridized carbons (Fsp3) is 0.231. The molecule has 1 unspecified atom stereocenters. The molecule has 1 aromatic carbocycles. The van der Waals surface area contributed by atoms with Crippen molar-refractivity contribution < 1.29 is 14.3 Å². The Bertz CT molecular complexity index is 593. The second-order valence-electron chi connectivity index (χ2n) is 3.96. The average Bonchev–Trinajstić information content (AvgIpc) is 3.03. The average molecular weight is 261 g/mol. The van der Waals surface area contributed by atoms with Crippen molar-refractivity contribution in [2.24, 2.45) is 0 Å². The van der Waals surface area contributed by atoms with Crippen LogP contribution in [0.1, 0.15) is 27.0 Å². The maximum Gasteiger partial charge on any atom is 0.357 e. The molecule has 4 nitrogen and oxygen atoms in total. The number of thiazole rings is 1. The first kappa shape index (κ1) is 11.2. The van der Waals surface area contributed by atoms with Crippen molar-refractivity contribution in [3.63, 3.8) is 0 Å². The van der Waals surface area contributed by atoms with Gasteiger partial charge in [-0.1, -0.05) is 18.2 Å². The van der Waals surface area contributed by atoms with Gasteiger partial charge in [0.15, 0.2) is 5.69 Å². The van der Waals surface area contributed by atoms with Gasteiger partial charge in [0.2, 0.25) is 0 Å². The van der Waals surface area contributed by atoms with E-state index in [1.807, 2.05) is 24.3 Å². The van der Waals surface area contributed by atoms with Crippen LogP contribution in [0.25, 0.3) is 0 Å². The molecular formula is C13H11NO3S. The van der Waals surface area contributed by atoms with Gasteiger partial charge in [-0.15, -0.1) is 11.3 Å². The van der Waals surface area contributed by atoms with E-state index in [0.29, 0.717) is 12.3 Å². The fourth-order valence-corrected chi connectivity index (χ4v) is 2.90. The van der Waals surface area contributed by atoms with E-state index in [-0.39, 0.29) is 5.92 Å². The molecule has 0 saturated carbocycles. The van der Waals surface area contributed by atoms with Crippen LogP contribution in [0.5, 0.6) is 5.75 Å². The summed E-state index contributed by atoms with van der Waals surface area (Å²) in [5.74, 6) is 0.617. The Balaban J connectivity index is 1.93. The summed E-state index contributed by atoms with van der Waals surface area (Å²) in [6, 6.07) is 7.91. The van der Waals surface area contributed by atoms with E-state index in [1.54, 1.807) is 5.38 Å². The second kappa shape index (κ2) is 4.42. The molecule has 0 radical (unpaired) electrons. The van der Waals surface area contributed by atoms with Gasteiger partial charge in [0, 0.05) is 10.9 Å². The zero-order valence-electron chi connectivity index (χ0n) is 9.75. The van der Waals surface area contributed by atoms with Gasteiger partial charge in [0.05, 0.1) is 13.0 Å². The molecule has 1 atom stereocenters. The molecule has 0 aliphatic carbocycles. The minimum absolute atomic E-state index is 0.115. The number of ether oxygens (including phenoxy) is 2. The Kier molecular flexibility index (Phi) is 2.76. The van der Waals surface area contributed by atoms with Crippen LogP contribution >= 0.6 is 11.3 Å². The Labute approximate surface area is 108 Å². The van der Waals surface area contributed by atoms with Crippen molar-refractivity contribution in [1.29, 1.82) is 0 Å². The number of hydrogen-bond acceptors (Lipinski definition) is 5. The third-order valence-corrected chi connectivity index (χ3v) is 3.87. The number of nitrogens with zero attached hydrogens (tertiary/aromatic N) is 1. The third kappa shape index (κ3) is 1.76. The van der Waals surface area contributed by atoms with Crippen LogP contribution in [0.3, 0.4) is 0 Å². The molecule has 0 N–H and O–H groups in total. The minimum atomic E-state index is -0.398. The van der Waals surface area contributed by atoms with Crippen LogP contribution < -0.4 is 4.74 Å². The van der Waals surface area contributed by atoms with Crippen LogP contribution in [0.2, 0.25) is 0 Å². The smallest absolute Gasteiger partial charge is 0.357 e. The number of para-hydroxylation sites is 1. The highest BCUT2D eigenvalue weighted by atomic mass is 32.1. The zero-order chi connectivity index (χ0) is 12.5. The molecule has 2 heterocycles. The number of esters is 1. The number of hydrogen-bond donors (Lipinski definition) is 0. The molecule has 0 bridgehead atoms. The van der Waals surface area contributed by atoms with E-state index in [0.717, 1.165) is 16.3 Å². The van der Waals surface area contributed by atoms with Crippen molar-refractivity contribution in [2.45, 2.75) is 5.92 Å². The summed E-state index contributed by atoms with van der Waals surface area (Å²) in [6.07, 6.45) is 0. The van der Waals surface area contributed by atoms with Crippen molar-refractivity contribution in [1.82, 2.24) is 4.98 Å². The topological polar surface area (TPSA) is 48.4 Å². The normalized spacial score (nSPS) is 17.1. The predicted molar refractivity (Wildman–Crippen MR) is 67.2 cm³/mol. The lowest BCUT2D eigenvalue weighted by atomic mass is 10.0. The number of fused-ring (bicyclic) bond motifs is 1. The highest BCUT2D eigenvalue weighted by Gasteiger charge is 2.28. The van der Waals surface area contributed by atoms with Crippen molar-refractivity contribution in [3.8, 4) is 5.75 Å². The van der Waals surface area contributed by atoms with E-state index in [4.69, 9.17) is 4.74 Å². The number of methoxy groups -OCH3 is 1. The highest BCUT2D eigenvalue weighted by molar-refractivity contribution is 7.10. The van der Waals surface area contributed by atoms with Crippen LogP contribution in [0.4, 0.5) is 0 Å². The summed E-state index contributed by atoms with van der Waals surface area (Å²) in [5.41, 5.74) is 1.49. The largest absolute Gasteiger partial charge is 0.492 e. The van der Waals surface area contributed by atoms with Crippen LogP contribution in [-0.4, -0.2) is 24.7 Å². The quantitative estimate of drug-likeness (QED) is 0.779. The van der Waals surface area contributed by atoms with Crippen molar-refractivity contribution in [2.75, 3.05) is 13.7 Å². The van der Waals surface area contributed by atoms with Gasteiger partial charge in [0.1, 0.15) is 17.4 Å². The first-order valence-corrected chi connectivity index (χ1v) is 6.43. The number of aromatic nitrogens is 1. The second-order valence-corrected chi connectivity index (χ2v) is 4.85. The van der Waals surface area contributed by atoms with E-state index in [2.05, 4.69) is 9.72 Å². The lowest BCUT2D eigenvalue weighted by molar-refractivity contribution is 0.0594. The Morgan fingerprint density at radius 2 is 2.33 bits per heavy atom. The molecule has 92 valence electrons. The molecule has 3 rings (SSSR count). The summed E-state index contributed by atoms with van der Waals surface area (Å²) < 4.78 is 10.3. The van der Waals surface area contributed by atoms with Crippen molar-refractivity contribution in [3.05, 3.63) is 45.9 Å². The predicted octanol–water partition coefficient (Wildman–Crippen LogP) is 2.45.